The Kier molecular flexibility index (Phi) is 2.99. The molecule has 0 aliphatic carbocycles. The van der Waals surface area contributed by atoms with Gasteiger partial charge in [-0.25, -0.2) is 4.98 Å². The van der Waals surface area contributed by atoms with Crippen molar-refractivity contribution >= 4 is 0 Å². The van der Waals surface area contributed by atoms with Gasteiger partial charge in [-0.05, 0) is 12.0 Å². The van der Waals surface area contributed by atoms with E-state index in [0.717, 1.165) is 6.42 Å². The SMILES string of the molecule is NC(Cc1ccccc1)c1nccnn1. The largest absolute Gasteiger partial charge is 0.321 e. The molecule has 0 radical (unpaired) electrons. The van der Waals surface area contributed by atoms with Gasteiger partial charge in [0, 0.05) is 6.20 Å². The van der Waals surface area contributed by atoms with Crippen LogP contribution in [-0.2, 0) is 6.42 Å². The summed E-state index contributed by atoms with van der Waals surface area (Å²) in [5, 5.41) is 7.64. The van der Waals surface area contributed by atoms with Gasteiger partial charge in [0.2, 0.25) is 0 Å². The van der Waals surface area contributed by atoms with E-state index in [-0.39, 0.29) is 6.04 Å². The Hall–Kier alpha value is -1.81. The van der Waals surface area contributed by atoms with E-state index in [4.69, 9.17) is 5.73 Å². The topological polar surface area (TPSA) is 64.7 Å². The molecule has 1 atom stereocenters. The number of nitrogens with zero attached hydrogens (tertiary/aromatic N) is 3. The molecule has 0 saturated heterocycles. The molecule has 0 bridgehead atoms. The molecule has 1 aromatic heterocycles. The van der Waals surface area contributed by atoms with Gasteiger partial charge in [-0.1, -0.05) is 30.3 Å². The van der Waals surface area contributed by atoms with Crippen LogP contribution in [0.15, 0.2) is 42.7 Å². The number of hydrogen-bond donors (Lipinski definition) is 1. The lowest BCUT2D eigenvalue weighted by Gasteiger charge is -2.08. The van der Waals surface area contributed by atoms with Crippen LogP contribution < -0.4 is 5.73 Å². The maximum Gasteiger partial charge on any atom is 0.168 e. The van der Waals surface area contributed by atoms with E-state index < -0.39 is 0 Å². The first-order valence-electron chi connectivity index (χ1n) is 4.79. The minimum Gasteiger partial charge on any atom is -0.321 e. The van der Waals surface area contributed by atoms with Crippen molar-refractivity contribution in [1.29, 1.82) is 0 Å². The first-order chi connectivity index (χ1) is 7.36. The minimum absolute atomic E-state index is 0.193. The third-order valence-electron chi connectivity index (χ3n) is 2.13. The lowest BCUT2D eigenvalue weighted by Crippen LogP contribution is -2.16. The maximum atomic E-state index is 5.96. The van der Waals surface area contributed by atoms with Crippen molar-refractivity contribution in [2.75, 3.05) is 0 Å². The van der Waals surface area contributed by atoms with Crippen LogP contribution in [0.1, 0.15) is 17.4 Å². The fourth-order valence-corrected chi connectivity index (χ4v) is 1.39. The van der Waals surface area contributed by atoms with Crippen LogP contribution in [0.4, 0.5) is 0 Å². The zero-order chi connectivity index (χ0) is 10.5. The molecule has 76 valence electrons. The third kappa shape index (κ3) is 2.57. The van der Waals surface area contributed by atoms with E-state index in [2.05, 4.69) is 15.2 Å². The molecule has 1 unspecified atom stereocenters. The molecule has 1 aromatic carbocycles. The molecule has 4 heteroatoms. The molecular weight excluding hydrogens is 188 g/mol. The van der Waals surface area contributed by atoms with E-state index in [1.807, 2.05) is 30.3 Å². The van der Waals surface area contributed by atoms with Crippen molar-refractivity contribution in [1.82, 2.24) is 15.2 Å². The van der Waals surface area contributed by atoms with Crippen molar-refractivity contribution in [3.05, 3.63) is 54.1 Å². The smallest absolute Gasteiger partial charge is 0.168 e. The average molecular weight is 200 g/mol. The molecule has 1 heterocycles. The Morgan fingerprint density at radius 1 is 1.13 bits per heavy atom. The normalized spacial score (nSPS) is 12.3. The van der Waals surface area contributed by atoms with Crippen molar-refractivity contribution < 1.29 is 0 Å². The predicted octanol–water partition coefficient (Wildman–Crippen LogP) is 1.11. The standard InChI is InChI=1S/C11H12N4/c12-10(11-13-6-7-14-15-11)8-9-4-2-1-3-5-9/h1-7,10H,8,12H2. The molecular formula is C11H12N4. The van der Waals surface area contributed by atoms with Crippen molar-refractivity contribution in [3.63, 3.8) is 0 Å². The number of aromatic nitrogens is 3. The Bertz CT molecular complexity index is 401. The van der Waals surface area contributed by atoms with Gasteiger partial charge >= 0.3 is 0 Å². The summed E-state index contributed by atoms with van der Waals surface area (Å²) in [5.74, 6) is 0.585. The van der Waals surface area contributed by atoms with Gasteiger partial charge in [-0.15, -0.1) is 5.10 Å². The summed E-state index contributed by atoms with van der Waals surface area (Å²) in [7, 11) is 0. The highest BCUT2D eigenvalue weighted by atomic mass is 15.1. The van der Waals surface area contributed by atoms with Gasteiger partial charge in [-0.3, -0.25) is 0 Å². The van der Waals surface area contributed by atoms with Crippen LogP contribution >= 0.6 is 0 Å². The Morgan fingerprint density at radius 2 is 1.93 bits per heavy atom. The second-order valence-corrected chi connectivity index (χ2v) is 3.30. The zero-order valence-electron chi connectivity index (χ0n) is 8.24. The van der Waals surface area contributed by atoms with Crippen molar-refractivity contribution in [2.45, 2.75) is 12.5 Å². The molecule has 0 spiro atoms. The van der Waals surface area contributed by atoms with Crippen LogP contribution in [0.3, 0.4) is 0 Å². The second kappa shape index (κ2) is 4.61. The van der Waals surface area contributed by atoms with Crippen LogP contribution in [0.5, 0.6) is 0 Å². The zero-order valence-corrected chi connectivity index (χ0v) is 8.24. The first-order valence-corrected chi connectivity index (χ1v) is 4.79. The van der Waals surface area contributed by atoms with Crippen LogP contribution in [0.2, 0.25) is 0 Å². The minimum atomic E-state index is -0.193. The third-order valence-corrected chi connectivity index (χ3v) is 2.13. The van der Waals surface area contributed by atoms with Crippen molar-refractivity contribution in [2.24, 2.45) is 5.73 Å². The highest BCUT2D eigenvalue weighted by Gasteiger charge is 2.09. The summed E-state index contributed by atoms with van der Waals surface area (Å²) < 4.78 is 0. The van der Waals surface area contributed by atoms with Crippen LogP contribution in [0, 0.1) is 0 Å². The Labute approximate surface area is 88.2 Å². The molecule has 0 saturated carbocycles. The van der Waals surface area contributed by atoms with E-state index in [1.165, 1.54) is 5.56 Å². The molecule has 2 N–H and O–H groups in total. The summed E-state index contributed by atoms with van der Waals surface area (Å²) in [5.41, 5.74) is 7.14. The van der Waals surface area contributed by atoms with Crippen molar-refractivity contribution in [3.8, 4) is 0 Å². The molecule has 0 amide bonds. The number of nitrogens with two attached hydrogens (primary N) is 1. The number of hydrogen-bond acceptors (Lipinski definition) is 4. The summed E-state index contributed by atoms with van der Waals surface area (Å²) in [6.45, 7) is 0. The summed E-state index contributed by atoms with van der Waals surface area (Å²) >= 11 is 0. The van der Waals surface area contributed by atoms with Gasteiger partial charge in [-0.2, -0.15) is 5.10 Å². The van der Waals surface area contributed by atoms with Gasteiger partial charge in [0.25, 0.3) is 0 Å². The van der Waals surface area contributed by atoms with E-state index in [9.17, 15) is 0 Å². The average Bonchev–Trinajstić information content (AvgIpc) is 2.31. The Balaban J connectivity index is 2.08. The van der Waals surface area contributed by atoms with Crippen LogP contribution in [-0.4, -0.2) is 15.2 Å². The summed E-state index contributed by atoms with van der Waals surface area (Å²) in [6.07, 6.45) is 3.87. The summed E-state index contributed by atoms with van der Waals surface area (Å²) in [4.78, 5) is 4.08. The van der Waals surface area contributed by atoms with Gasteiger partial charge in [0.1, 0.15) is 0 Å². The van der Waals surface area contributed by atoms with Gasteiger partial charge in [0.15, 0.2) is 5.82 Å². The molecule has 4 nitrogen and oxygen atoms in total. The molecule has 2 aromatic rings. The maximum absolute atomic E-state index is 5.96. The molecule has 0 fully saturated rings. The predicted molar refractivity (Wildman–Crippen MR) is 56.9 cm³/mol. The molecule has 0 aliphatic heterocycles. The van der Waals surface area contributed by atoms with Gasteiger partial charge in [0.05, 0.1) is 12.2 Å². The number of benzene rings is 1. The lowest BCUT2D eigenvalue weighted by atomic mass is 10.1. The van der Waals surface area contributed by atoms with E-state index >= 15 is 0 Å². The monoisotopic (exact) mass is 200 g/mol. The van der Waals surface area contributed by atoms with E-state index in [1.54, 1.807) is 12.4 Å². The van der Waals surface area contributed by atoms with Gasteiger partial charge < -0.3 is 5.73 Å². The quantitative estimate of drug-likeness (QED) is 0.806. The molecule has 2 rings (SSSR count). The second-order valence-electron chi connectivity index (χ2n) is 3.30. The summed E-state index contributed by atoms with van der Waals surface area (Å²) in [6, 6.07) is 9.85. The fourth-order valence-electron chi connectivity index (χ4n) is 1.39. The molecule has 15 heavy (non-hydrogen) atoms. The lowest BCUT2D eigenvalue weighted by molar-refractivity contribution is 0.647. The Morgan fingerprint density at radius 3 is 2.60 bits per heavy atom. The highest BCUT2D eigenvalue weighted by Crippen LogP contribution is 2.10. The molecule has 0 aliphatic rings. The highest BCUT2D eigenvalue weighted by molar-refractivity contribution is 5.16. The number of rotatable bonds is 3. The van der Waals surface area contributed by atoms with Crippen LogP contribution in [0.25, 0.3) is 0 Å². The fraction of sp³-hybridized carbons (Fsp3) is 0.182. The van der Waals surface area contributed by atoms with E-state index in [0.29, 0.717) is 5.82 Å². The first kappa shape index (κ1) is 9.73.